The van der Waals surface area contributed by atoms with Crippen LogP contribution < -0.4 is 5.32 Å². The van der Waals surface area contributed by atoms with Gasteiger partial charge in [-0.25, -0.2) is 0 Å². The average Bonchev–Trinajstić information content (AvgIpc) is 3.22. The Morgan fingerprint density at radius 1 is 1.37 bits per heavy atom. The molecule has 2 aromatic heterocycles. The molecule has 2 aromatic rings. The van der Waals surface area contributed by atoms with Crippen LogP contribution in [0.1, 0.15) is 48.0 Å². The number of carbonyl (C=O) groups excluding carboxylic acids is 2. The van der Waals surface area contributed by atoms with E-state index in [4.69, 9.17) is 0 Å². The van der Waals surface area contributed by atoms with Gasteiger partial charge in [-0.3, -0.25) is 14.3 Å². The van der Waals surface area contributed by atoms with Crippen LogP contribution in [-0.4, -0.2) is 70.2 Å². The van der Waals surface area contributed by atoms with Crippen molar-refractivity contribution < 1.29 is 9.59 Å². The maximum absolute atomic E-state index is 13.2. The number of fused-ring (bicyclic) bond motifs is 1. The fraction of sp³-hybridized carbons (Fsp3) is 0.632. The van der Waals surface area contributed by atoms with E-state index in [2.05, 4.69) is 24.3 Å². The number of rotatable bonds is 3. The molecule has 0 bridgehead atoms. The number of piperazine rings is 1. The van der Waals surface area contributed by atoms with E-state index in [0.29, 0.717) is 19.0 Å². The number of piperidine rings is 1. The number of likely N-dealkylation sites (tertiary alicyclic amines) is 1. The maximum Gasteiger partial charge on any atom is 0.264 e. The predicted molar refractivity (Wildman–Crippen MR) is 106 cm³/mol. The Morgan fingerprint density at radius 3 is 2.93 bits per heavy atom. The summed E-state index contributed by atoms with van der Waals surface area (Å²) in [5, 5.41) is 8.80. The van der Waals surface area contributed by atoms with Crippen molar-refractivity contribution in [1.29, 1.82) is 0 Å². The van der Waals surface area contributed by atoms with E-state index in [-0.39, 0.29) is 17.9 Å². The standard InChI is InChI=1S/C19H27N5O2S/c1-12(2)17-14-9-15(27-19(14)22(3)21-17)18(26)23-7-4-5-13(11-23)24-8-6-20-10-16(24)25/h9,12-13,20H,4-8,10-11H2,1-3H3. The minimum absolute atomic E-state index is 0.0817. The monoisotopic (exact) mass is 389 g/mol. The van der Waals surface area contributed by atoms with Gasteiger partial charge < -0.3 is 15.1 Å². The van der Waals surface area contributed by atoms with Crippen LogP contribution in [0.5, 0.6) is 0 Å². The van der Waals surface area contributed by atoms with Crippen molar-refractivity contribution in [2.24, 2.45) is 7.05 Å². The lowest BCUT2D eigenvalue weighted by molar-refractivity contribution is -0.135. The van der Waals surface area contributed by atoms with Crippen LogP contribution in [0.2, 0.25) is 0 Å². The molecule has 2 saturated heterocycles. The fourth-order valence-electron chi connectivity index (χ4n) is 4.15. The van der Waals surface area contributed by atoms with Crippen LogP contribution in [0.3, 0.4) is 0 Å². The largest absolute Gasteiger partial charge is 0.336 e. The summed E-state index contributed by atoms with van der Waals surface area (Å²) in [5.74, 6) is 0.553. The van der Waals surface area contributed by atoms with Gasteiger partial charge in [0.25, 0.3) is 5.91 Å². The summed E-state index contributed by atoms with van der Waals surface area (Å²) in [6, 6.07) is 2.14. The molecule has 1 unspecified atom stereocenters. The van der Waals surface area contributed by atoms with Gasteiger partial charge in [-0.15, -0.1) is 11.3 Å². The molecule has 1 atom stereocenters. The summed E-state index contributed by atoms with van der Waals surface area (Å²) >= 11 is 1.52. The second kappa shape index (κ2) is 7.24. The molecule has 2 amide bonds. The highest BCUT2D eigenvalue weighted by atomic mass is 32.1. The van der Waals surface area contributed by atoms with Crippen molar-refractivity contribution in [2.45, 2.75) is 38.6 Å². The zero-order valence-corrected chi connectivity index (χ0v) is 17.0. The van der Waals surface area contributed by atoms with Gasteiger partial charge >= 0.3 is 0 Å². The van der Waals surface area contributed by atoms with Crippen molar-refractivity contribution in [3.8, 4) is 0 Å². The van der Waals surface area contributed by atoms with Gasteiger partial charge in [0, 0.05) is 44.7 Å². The summed E-state index contributed by atoms with van der Waals surface area (Å²) in [4.78, 5) is 31.1. The molecule has 0 aliphatic carbocycles. The van der Waals surface area contributed by atoms with Gasteiger partial charge in [-0.1, -0.05) is 13.8 Å². The Bertz CT molecular complexity index is 871. The van der Waals surface area contributed by atoms with Gasteiger partial charge in [0.1, 0.15) is 4.83 Å². The molecule has 2 aliphatic heterocycles. The number of carbonyl (C=O) groups is 2. The first-order chi connectivity index (χ1) is 13.0. The number of hydrogen-bond acceptors (Lipinski definition) is 5. The van der Waals surface area contributed by atoms with E-state index < -0.39 is 0 Å². The summed E-state index contributed by atoms with van der Waals surface area (Å²) in [5.41, 5.74) is 1.05. The molecule has 4 heterocycles. The van der Waals surface area contributed by atoms with E-state index in [1.54, 1.807) is 0 Å². The SMILES string of the molecule is CC(C)c1nn(C)c2sc(C(=O)N3CCCC(N4CCNCC4=O)C3)cc12. The Kier molecular flexibility index (Phi) is 4.94. The molecule has 1 N–H and O–H groups in total. The molecule has 0 spiro atoms. The topological polar surface area (TPSA) is 70.5 Å². The molecule has 146 valence electrons. The molecule has 4 rings (SSSR count). The molecule has 27 heavy (non-hydrogen) atoms. The van der Waals surface area contributed by atoms with E-state index in [1.807, 2.05) is 27.6 Å². The lowest BCUT2D eigenvalue weighted by Crippen LogP contribution is -2.57. The molecule has 2 fully saturated rings. The Morgan fingerprint density at radius 2 is 2.19 bits per heavy atom. The summed E-state index contributed by atoms with van der Waals surface area (Å²) < 4.78 is 1.88. The third-order valence-electron chi connectivity index (χ3n) is 5.55. The molecular formula is C19H27N5O2S. The minimum atomic E-state index is 0.0817. The molecule has 7 nitrogen and oxygen atoms in total. The van der Waals surface area contributed by atoms with Gasteiger partial charge in [-0.05, 0) is 24.8 Å². The lowest BCUT2D eigenvalue weighted by atomic mass is 10.0. The van der Waals surface area contributed by atoms with Gasteiger partial charge in [0.2, 0.25) is 5.91 Å². The quantitative estimate of drug-likeness (QED) is 0.869. The average molecular weight is 390 g/mol. The van der Waals surface area contributed by atoms with E-state index in [0.717, 1.165) is 53.3 Å². The van der Waals surface area contributed by atoms with Crippen LogP contribution in [0.4, 0.5) is 0 Å². The highest BCUT2D eigenvalue weighted by Crippen LogP contribution is 2.32. The number of nitrogens with zero attached hydrogens (tertiary/aromatic N) is 4. The zero-order valence-electron chi connectivity index (χ0n) is 16.2. The van der Waals surface area contributed by atoms with Crippen molar-refractivity contribution >= 4 is 33.4 Å². The second-order valence-electron chi connectivity index (χ2n) is 7.80. The Labute approximate surface area is 163 Å². The number of amides is 2. The van der Waals surface area contributed by atoms with Crippen LogP contribution in [-0.2, 0) is 11.8 Å². The second-order valence-corrected chi connectivity index (χ2v) is 8.83. The zero-order chi connectivity index (χ0) is 19.1. The molecule has 0 radical (unpaired) electrons. The normalized spacial score (nSPS) is 21.5. The van der Waals surface area contributed by atoms with Crippen LogP contribution in [0.15, 0.2) is 6.07 Å². The first-order valence-corrected chi connectivity index (χ1v) is 10.5. The number of aromatic nitrogens is 2. The first-order valence-electron chi connectivity index (χ1n) is 9.71. The molecular weight excluding hydrogens is 362 g/mol. The number of aryl methyl sites for hydroxylation is 1. The van der Waals surface area contributed by atoms with Crippen molar-refractivity contribution in [3.63, 3.8) is 0 Å². The van der Waals surface area contributed by atoms with E-state index in [9.17, 15) is 9.59 Å². The third-order valence-corrected chi connectivity index (χ3v) is 6.74. The Hall–Kier alpha value is -1.93. The van der Waals surface area contributed by atoms with Crippen LogP contribution in [0.25, 0.3) is 10.2 Å². The first kappa shape index (κ1) is 18.4. The number of hydrogen-bond donors (Lipinski definition) is 1. The highest BCUT2D eigenvalue weighted by molar-refractivity contribution is 7.20. The van der Waals surface area contributed by atoms with Crippen molar-refractivity contribution in [2.75, 3.05) is 32.7 Å². The number of nitrogens with one attached hydrogen (secondary N) is 1. The van der Waals surface area contributed by atoms with Crippen molar-refractivity contribution in [1.82, 2.24) is 24.9 Å². The molecule has 0 aromatic carbocycles. The Balaban J connectivity index is 1.54. The van der Waals surface area contributed by atoms with Crippen LogP contribution in [0, 0.1) is 0 Å². The van der Waals surface area contributed by atoms with Gasteiger partial charge in [-0.2, -0.15) is 5.10 Å². The van der Waals surface area contributed by atoms with Crippen LogP contribution >= 0.6 is 11.3 Å². The van der Waals surface area contributed by atoms with Gasteiger partial charge in [0.05, 0.1) is 17.1 Å². The summed E-state index contributed by atoms with van der Waals surface area (Å²) in [6.07, 6.45) is 1.92. The predicted octanol–water partition coefficient (Wildman–Crippen LogP) is 1.79. The number of thiophene rings is 1. The molecule has 2 aliphatic rings. The highest BCUT2D eigenvalue weighted by Gasteiger charge is 2.32. The minimum Gasteiger partial charge on any atom is -0.336 e. The van der Waals surface area contributed by atoms with E-state index in [1.165, 1.54) is 11.3 Å². The summed E-state index contributed by atoms with van der Waals surface area (Å²) in [7, 11) is 1.94. The fourth-order valence-corrected chi connectivity index (χ4v) is 5.20. The maximum atomic E-state index is 13.2. The molecule has 8 heteroatoms. The third kappa shape index (κ3) is 3.36. The van der Waals surface area contributed by atoms with E-state index >= 15 is 0 Å². The lowest BCUT2D eigenvalue weighted by Gasteiger charge is -2.41. The molecule has 0 saturated carbocycles. The smallest absolute Gasteiger partial charge is 0.264 e. The summed E-state index contributed by atoms with van der Waals surface area (Å²) in [6.45, 7) is 7.62. The van der Waals surface area contributed by atoms with Crippen molar-refractivity contribution in [3.05, 3.63) is 16.6 Å². The van der Waals surface area contributed by atoms with Gasteiger partial charge in [0.15, 0.2) is 0 Å².